The lowest BCUT2D eigenvalue weighted by Crippen LogP contribution is -2.22. The van der Waals surface area contributed by atoms with Crippen molar-refractivity contribution in [3.05, 3.63) is 61.7 Å². The van der Waals surface area contributed by atoms with E-state index >= 15 is 0 Å². The Hall–Kier alpha value is -1.32. The van der Waals surface area contributed by atoms with Gasteiger partial charge in [0, 0.05) is 0 Å². The number of hydrogen-bond acceptors (Lipinski definition) is 2. The first-order chi connectivity index (χ1) is 8.49. The standard InChI is InChI=1S/C13H12Cl2N2O/c1-8-3-4-9(2)10(5-8)6-17-7-16-12(15)11(14)13(17)18/h3-5,7H,6H2,1-2H3. The van der Waals surface area contributed by atoms with Crippen LogP contribution < -0.4 is 5.56 Å². The molecule has 0 spiro atoms. The maximum Gasteiger partial charge on any atom is 0.273 e. The van der Waals surface area contributed by atoms with Gasteiger partial charge in [-0.05, 0) is 25.0 Å². The van der Waals surface area contributed by atoms with Crippen LogP contribution in [0, 0.1) is 13.8 Å². The molecular weight excluding hydrogens is 271 g/mol. The van der Waals surface area contributed by atoms with Crippen molar-refractivity contribution in [2.45, 2.75) is 20.4 Å². The summed E-state index contributed by atoms with van der Waals surface area (Å²) >= 11 is 11.5. The Labute approximate surface area is 115 Å². The third-order valence-electron chi connectivity index (χ3n) is 2.79. The highest BCUT2D eigenvalue weighted by Crippen LogP contribution is 2.15. The summed E-state index contributed by atoms with van der Waals surface area (Å²) in [5, 5.41) is 0.00311. The molecule has 5 heteroatoms. The Morgan fingerprint density at radius 3 is 2.72 bits per heavy atom. The van der Waals surface area contributed by atoms with E-state index in [4.69, 9.17) is 23.2 Å². The molecule has 0 bridgehead atoms. The highest BCUT2D eigenvalue weighted by Gasteiger charge is 2.08. The van der Waals surface area contributed by atoms with Crippen molar-refractivity contribution in [2.75, 3.05) is 0 Å². The van der Waals surface area contributed by atoms with Crippen LogP contribution in [0.1, 0.15) is 16.7 Å². The minimum absolute atomic E-state index is 0.0375. The average molecular weight is 283 g/mol. The zero-order valence-corrected chi connectivity index (χ0v) is 11.6. The van der Waals surface area contributed by atoms with E-state index in [1.54, 1.807) is 0 Å². The van der Waals surface area contributed by atoms with E-state index < -0.39 is 0 Å². The van der Waals surface area contributed by atoms with Crippen molar-refractivity contribution < 1.29 is 0 Å². The fourth-order valence-electron chi connectivity index (χ4n) is 1.71. The predicted molar refractivity (Wildman–Crippen MR) is 73.5 cm³/mol. The zero-order chi connectivity index (χ0) is 13.3. The van der Waals surface area contributed by atoms with Crippen LogP contribution in [0.4, 0.5) is 0 Å². The van der Waals surface area contributed by atoms with Crippen molar-refractivity contribution >= 4 is 23.2 Å². The highest BCUT2D eigenvalue weighted by atomic mass is 35.5. The van der Waals surface area contributed by atoms with Gasteiger partial charge in [0.1, 0.15) is 5.02 Å². The third-order valence-corrected chi connectivity index (χ3v) is 3.51. The van der Waals surface area contributed by atoms with Gasteiger partial charge in [0.25, 0.3) is 5.56 Å². The molecular formula is C13H12Cl2N2O. The van der Waals surface area contributed by atoms with Crippen LogP contribution in [-0.2, 0) is 6.54 Å². The van der Waals surface area contributed by atoms with Crippen LogP contribution in [0.2, 0.25) is 10.2 Å². The Morgan fingerprint density at radius 1 is 1.28 bits per heavy atom. The Morgan fingerprint density at radius 2 is 2.00 bits per heavy atom. The van der Waals surface area contributed by atoms with Crippen LogP contribution in [0.3, 0.4) is 0 Å². The van der Waals surface area contributed by atoms with Gasteiger partial charge in [-0.15, -0.1) is 0 Å². The lowest BCUT2D eigenvalue weighted by molar-refractivity contribution is 0.732. The van der Waals surface area contributed by atoms with Crippen LogP contribution in [-0.4, -0.2) is 9.55 Å². The normalized spacial score (nSPS) is 10.7. The van der Waals surface area contributed by atoms with Crippen molar-refractivity contribution in [1.29, 1.82) is 0 Å². The fraction of sp³-hybridized carbons (Fsp3) is 0.231. The molecule has 0 aliphatic rings. The number of rotatable bonds is 2. The molecule has 0 unspecified atom stereocenters. The summed E-state index contributed by atoms with van der Waals surface area (Å²) in [5.41, 5.74) is 3.02. The van der Waals surface area contributed by atoms with Gasteiger partial charge in [0.2, 0.25) is 0 Å². The second kappa shape index (κ2) is 5.12. The molecule has 0 saturated carbocycles. The number of aryl methyl sites for hydroxylation is 2. The van der Waals surface area contributed by atoms with Gasteiger partial charge in [-0.2, -0.15) is 0 Å². The van der Waals surface area contributed by atoms with Gasteiger partial charge in [-0.25, -0.2) is 4.98 Å². The summed E-state index contributed by atoms with van der Waals surface area (Å²) in [6.07, 6.45) is 1.42. The fourth-order valence-corrected chi connectivity index (χ4v) is 1.99. The van der Waals surface area contributed by atoms with E-state index in [1.807, 2.05) is 32.0 Å². The van der Waals surface area contributed by atoms with Crippen LogP contribution in [0.25, 0.3) is 0 Å². The molecule has 1 heterocycles. The molecule has 1 aromatic carbocycles. The minimum atomic E-state index is -0.322. The van der Waals surface area contributed by atoms with Crippen molar-refractivity contribution in [1.82, 2.24) is 9.55 Å². The predicted octanol–water partition coefficient (Wildman–Crippen LogP) is 3.22. The van der Waals surface area contributed by atoms with E-state index in [0.29, 0.717) is 6.54 Å². The van der Waals surface area contributed by atoms with E-state index in [-0.39, 0.29) is 15.7 Å². The average Bonchev–Trinajstić information content (AvgIpc) is 2.34. The maximum atomic E-state index is 11.9. The molecule has 94 valence electrons. The van der Waals surface area contributed by atoms with Crippen molar-refractivity contribution in [3.63, 3.8) is 0 Å². The summed E-state index contributed by atoms with van der Waals surface area (Å²) in [7, 11) is 0. The van der Waals surface area contributed by atoms with Gasteiger partial charge in [0.15, 0.2) is 5.15 Å². The quantitative estimate of drug-likeness (QED) is 0.793. The molecule has 1 aromatic heterocycles. The van der Waals surface area contributed by atoms with Gasteiger partial charge >= 0.3 is 0 Å². The van der Waals surface area contributed by atoms with Gasteiger partial charge < -0.3 is 0 Å². The minimum Gasteiger partial charge on any atom is -0.293 e. The SMILES string of the molecule is Cc1ccc(C)c(Cn2cnc(Cl)c(Cl)c2=O)c1. The zero-order valence-electron chi connectivity index (χ0n) is 10.1. The second-order valence-corrected chi connectivity index (χ2v) is 4.95. The first kappa shape index (κ1) is 13.1. The second-order valence-electron chi connectivity index (χ2n) is 4.21. The highest BCUT2D eigenvalue weighted by molar-refractivity contribution is 6.40. The van der Waals surface area contributed by atoms with Crippen LogP contribution >= 0.6 is 23.2 Å². The molecule has 0 saturated heterocycles. The van der Waals surface area contributed by atoms with Crippen LogP contribution in [0.15, 0.2) is 29.3 Å². The Balaban J connectivity index is 2.44. The largest absolute Gasteiger partial charge is 0.293 e. The molecule has 0 aliphatic heterocycles. The number of aromatic nitrogens is 2. The number of nitrogens with zero attached hydrogens (tertiary/aromatic N) is 2. The lowest BCUT2D eigenvalue weighted by atomic mass is 10.1. The summed E-state index contributed by atoms with van der Waals surface area (Å²) in [5.74, 6) is 0. The summed E-state index contributed by atoms with van der Waals surface area (Å²) in [6, 6.07) is 6.11. The van der Waals surface area contributed by atoms with E-state index in [9.17, 15) is 4.79 Å². The molecule has 0 radical (unpaired) electrons. The number of benzene rings is 1. The smallest absolute Gasteiger partial charge is 0.273 e. The molecule has 3 nitrogen and oxygen atoms in total. The number of halogens is 2. The first-order valence-electron chi connectivity index (χ1n) is 5.45. The third kappa shape index (κ3) is 2.57. The van der Waals surface area contributed by atoms with E-state index in [2.05, 4.69) is 4.98 Å². The summed E-state index contributed by atoms with van der Waals surface area (Å²) in [6.45, 7) is 4.46. The molecule has 0 atom stereocenters. The Bertz CT molecular complexity index is 650. The van der Waals surface area contributed by atoms with Crippen molar-refractivity contribution in [2.24, 2.45) is 0 Å². The molecule has 0 N–H and O–H groups in total. The lowest BCUT2D eigenvalue weighted by Gasteiger charge is -2.09. The molecule has 0 amide bonds. The maximum absolute atomic E-state index is 11.9. The van der Waals surface area contributed by atoms with Gasteiger partial charge in [-0.1, -0.05) is 47.0 Å². The topological polar surface area (TPSA) is 34.9 Å². The molecule has 2 rings (SSSR count). The first-order valence-corrected chi connectivity index (χ1v) is 6.21. The van der Waals surface area contributed by atoms with E-state index in [1.165, 1.54) is 10.9 Å². The number of hydrogen-bond donors (Lipinski definition) is 0. The van der Waals surface area contributed by atoms with E-state index in [0.717, 1.165) is 16.7 Å². The monoisotopic (exact) mass is 282 g/mol. The molecule has 2 aromatic rings. The molecule has 0 fully saturated rings. The van der Waals surface area contributed by atoms with Crippen molar-refractivity contribution in [3.8, 4) is 0 Å². The van der Waals surface area contributed by atoms with Gasteiger partial charge in [0.05, 0.1) is 12.9 Å². The molecule has 0 aliphatic carbocycles. The van der Waals surface area contributed by atoms with Gasteiger partial charge in [-0.3, -0.25) is 9.36 Å². The molecule has 18 heavy (non-hydrogen) atoms. The van der Waals surface area contributed by atoms with Crippen LogP contribution in [0.5, 0.6) is 0 Å². The summed E-state index contributed by atoms with van der Waals surface area (Å²) in [4.78, 5) is 15.8. The summed E-state index contributed by atoms with van der Waals surface area (Å²) < 4.78 is 1.45. The Kier molecular flexibility index (Phi) is 3.73.